The lowest BCUT2D eigenvalue weighted by molar-refractivity contribution is -0.152. The van der Waals surface area contributed by atoms with Crippen LogP contribution in [0.3, 0.4) is 0 Å². The number of carbonyl (C=O) groups is 1. The van der Waals surface area contributed by atoms with Gasteiger partial charge in [-0.25, -0.2) is 19.4 Å². The molecule has 0 radical (unpaired) electrons. The fourth-order valence-electron chi connectivity index (χ4n) is 5.54. The zero-order valence-corrected chi connectivity index (χ0v) is 27.8. The SMILES string of the molecule is COC(=O)C(COCCO[Si](c1ccccc1)(c1ccccc1)C(C)(C)C)Oc1ncnc2c1cnn2-c1cccc(Cl)c1C. The molecule has 0 spiro atoms. The highest BCUT2D eigenvalue weighted by Gasteiger charge is 2.50. The first-order chi connectivity index (χ1) is 21.7. The number of fused-ring (bicyclic) bond motifs is 1. The predicted molar refractivity (Wildman–Crippen MR) is 177 cm³/mol. The van der Waals surface area contributed by atoms with Gasteiger partial charge < -0.3 is 18.6 Å². The van der Waals surface area contributed by atoms with Crippen LogP contribution in [-0.4, -0.2) is 67.1 Å². The maximum absolute atomic E-state index is 12.8. The maximum atomic E-state index is 12.8. The molecule has 3 aromatic carbocycles. The summed E-state index contributed by atoms with van der Waals surface area (Å²) in [6.45, 7) is 9.07. The third-order valence-electron chi connectivity index (χ3n) is 7.75. The number of nitrogens with zero attached hydrogens (tertiary/aromatic N) is 4. The van der Waals surface area contributed by atoms with Gasteiger partial charge in [-0.15, -0.1) is 0 Å². The molecule has 0 saturated carbocycles. The van der Waals surface area contributed by atoms with E-state index in [1.54, 1.807) is 10.9 Å². The van der Waals surface area contributed by atoms with Crippen LogP contribution in [0.5, 0.6) is 5.88 Å². The van der Waals surface area contributed by atoms with Crippen molar-refractivity contribution in [2.45, 2.75) is 38.8 Å². The molecule has 2 aromatic heterocycles. The van der Waals surface area contributed by atoms with Gasteiger partial charge >= 0.3 is 5.97 Å². The molecule has 5 aromatic rings. The van der Waals surface area contributed by atoms with E-state index >= 15 is 0 Å². The van der Waals surface area contributed by atoms with Crippen LogP contribution < -0.4 is 15.1 Å². The van der Waals surface area contributed by atoms with E-state index in [2.05, 4.69) is 60.1 Å². The van der Waals surface area contributed by atoms with Gasteiger partial charge in [-0.3, -0.25) is 0 Å². The molecule has 0 fully saturated rings. The van der Waals surface area contributed by atoms with E-state index in [1.165, 1.54) is 23.8 Å². The minimum absolute atomic E-state index is 0.0657. The number of carbonyl (C=O) groups excluding carboxylic acids is 1. The fraction of sp³-hybridized carbons (Fsp3) is 0.294. The van der Waals surface area contributed by atoms with Gasteiger partial charge in [-0.05, 0) is 40.0 Å². The molecule has 2 heterocycles. The molecule has 0 saturated heterocycles. The number of ether oxygens (including phenoxy) is 3. The van der Waals surface area contributed by atoms with Crippen molar-refractivity contribution in [1.29, 1.82) is 0 Å². The van der Waals surface area contributed by atoms with Crippen molar-refractivity contribution in [3.05, 3.63) is 102 Å². The van der Waals surface area contributed by atoms with Crippen LogP contribution in [0.1, 0.15) is 26.3 Å². The van der Waals surface area contributed by atoms with Crippen molar-refractivity contribution in [3.8, 4) is 11.6 Å². The van der Waals surface area contributed by atoms with Gasteiger partial charge in [-0.1, -0.05) is 99.1 Å². The van der Waals surface area contributed by atoms with Crippen LogP contribution in [-0.2, 0) is 18.7 Å². The number of aromatic nitrogens is 4. The Morgan fingerprint density at radius 3 is 2.22 bits per heavy atom. The summed E-state index contributed by atoms with van der Waals surface area (Å²) >= 11 is 6.34. The summed E-state index contributed by atoms with van der Waals surface area (Å²) in [7, 11) is -1.41. The summed E-state index contributed by atoms with van der Waals surface area (Å²) in [5.41, 5.74) is 2.14. The van der Waals surface area contributed by atoms with E-state index in [0.717, 1.165) is 11.3 Å². The van der Waals surface area contributed by atoms with Crippen LogP contribution >= 0.6 is 11.6 Å². The second-order valence-corrected chi connectivity index (χ2v) is 16.3. The molecule has 1 atom stereocenters. The van der Waals surface area contributed by atoms with E-state index in [-0.39, 0.29) is 24.1 Å². The van der Waals surface area contributed by atoms with Gasteiger partial charge in [0.15, 0.2) is 5.65 Å². The fourth-order valence-corrected chi connectivity index (χ4v) is 10.3. The summed E-state index contributed by atoms with van der Waals surface area (Å²) in [6, 6.07) is 26.4. The molecule has 0 aliphatic heterocycles. The molecule has 0 bridgehead atoms. The maximum Gasteiger partial charge on any atom is 0.349 e. The summed E-state index contributed by atoms with van der Waals surface area (Å²) in [4.78, 5) is 21.4. The quantitative estimate of drug-likeness (QED) is 0.103. The normalized spacial score (nSPS) is 12.7. The standard InChI is InChI=1S/C34H37ClN4O5Si/c1-24-28(35)17-12-18-29(24)39-31-27(21-38-39)32(37-23-36-31)44-30(33(40)41-5)22-42-19-20-43-45(34(2,3)4,25-13-8-6-9-14-25)26-15-10-7-11-16-26/h6-18,21,23,30H,19-20,22H2,1-5H3. The second-order valence-electron chi connectivity index (χ2n) is 11.6. The highest BCUT2D eigenvalue weighted by molar-refractivity contribution is 6.99. The zero-order chi connectivity index (χ0) is 32.0. The Morgan fingerprint density at radius 1 is 0.933 bits per heavy atom. The molecule has 1 unspecified atom stereocenters. The third kappa shape index (κ3) is 6.64. The smallest absolute Gasteiger partial charge is 0.349 e. The van der Waals surface area contributed by atoms with Gasteiger partial charge in [0.25, 0.3) is 8.32 Å². The number of methoxy groups -OCH3 is 1. The number of halogens is 1. The average molecular weight is 645 g/mol. The molecule has 0 N–H and O–H groups in total. The average Bonchev–Trinajstić information content (AvgIpc) is 3.48. The largest absolute Gasteiger partial charge is 0.466 e. The van der Waals surface area contributed by atoms with Gasteiger partial charge in [-0.2, -0.15) is 5.10 Å². The van der Waals surface area contributed by atoms with Crippen LogP contribution in [0.25, 0.3) is 16.7 Å². The third-order valence-corrected chi connectivity index (χ3v) is 13.2. The number of hydrogen-bond acceptors (Lipinski definition) is 8. The van der Waals surface area contributed by atoms with E-state index in [0.29, 0.717) is 22.7 Å². The molecule has 0 aliphatic rings. The van der Waals surface area contributed by atoms with E-state index in [4.69, 9.17) is 30.2 Å². The first kappa shape index (κ1) is 32.3. The molecular formula is C34H37ClN4O5Si. The number of rotatable bonds is 12. The Hall–Kier alpha value is -4.09. The molecule has 9 nitrogen and oxygen atoms in total. The van der Waals surface area contributed by atoms with Crippen molar-refractivity contribution in [2.24, 2.45) is 0 Å². The molecule has 234 valence electrons. The summed E-state index contributed by atoms with van der Waals surface area (Å²) < 4.78 is 25.6. The lowest BCUT2D eigenvalue weighted by Gasteiger charge is -2.43. The van der Waals surface area contributed by atoms with Gasteiger partial charge in [0.05, 0.1) is 38.8 Å². The van der Waals surface area contributed by atoms with E-state index < -0.39 is 20.4 Å². The molecule has 0 amide bonds. The number of hydrogen-bond donors (Lipinski definition) is 0. The van der Waals surface area contributed by atoms with E-state index in [9.17, 15) is 4.79 Å². The molecule has 45 heavy (non-hydrogen) atoms. The lowest BCUT2D eigenvalue weighted by atomic mass is 10.2. The van der Waals surface area contributed by atoms with Gasteiger partial charge in [0.2, 0.25) is 12.0 Å². The van der Waals surface area contributed by atoms with Gasteiger partial charge in [0, 0.05) is 5.02 Å². The summed E-state index contributed by atoms with van der Waals surface area (Å²) in [5.74, 6) is -0.402. The van der Waals surface area contributed by atoms with Gasteiger partial charge in [0.1, 0.15) is 11.7 Å². The molecular weight excluding hydrogens is 608 g/mol. The molecule has 0 aliphatic carbocycles. The highest BCUT2D eigenvalue weighted by Crippen LogP contribution is 2.36. The minimum Gasteiger partial charge on any atom is -0.466 e. The van der Waals surface area contributed by atoms with Crippen molar-refractivity contribution in [2.75, 3.05) is 26.9 Å². The Bertz CT molecular complexity index is 1710. The lowest BCUT2D eigenvalue weighted by Crippen LogP contribution is -2.66. The number of benzene rings is 3. The Labute approximate surface area is 269 Å². The molecule has 5 rings (SSSR count). The second kappa shape index (κ2) is 13.9. The van der Waals surface area contributed by atoms with Crippen molar-refractivity contribution >= 4 is 47.3 Å². The Kier molecular flexibility index (Phi) is 9.98. The van der Waals surface area contributed by atoms with Crippen molar-refractivity contribution in [1.82, 2.24) is 19.7 Å². The Morgan fingerprint density at radius 2 is 1.60 bits per heavy atom. The van der Waals surface area contributed by atoms with Crippen LogP contribution in [0.2, 0.25) is 10.1 Å². The van der Waals surface area contributed by atoms with Crippen molar-refractivity contribution in [3.63, 3.8) is 0 Å². The summed E-state index contributed by atoms with van der Waals surface area (Å²) in [5, 5.41) is 7.83. The predicted octanol–water partition coefficient (Wildman–Crippen LogP) is 5.29. The van der Waals surface area contributed by atoms with Crippen LogP contribution in [0.4, 0.5) is 0 Å². The summed E-state index contributed by atoms with van der Waals surface area (Å²) in [6.07, 6.45) is 1.89. The monoisotopic (exact) mass is 644 g/mol. The van der Waals surface area contributed by atoms with Crippen molar-refractivity contribution < 1.29 is 23.4 Å². The zero-order valence-electron chi connectivity index (χ0n) is 26.1. The first-order valence-corrected chi connectivity index (χ1v) is 17.0. The minimum atomic E-state index is -2.72. The molecule has 11 heteroatoms. The highest BCUT2D eigenvalue weighted by atomic mass is 35.5. The Balaban J connectivity index is 1.32. The first-order valence-electron chi connectivity index (χ1n) is 14.7. The number of esters is 1. The van der Waals surface area contributed by atoms with Crippen LogP contribution in [0, 0.1) is 6.92 Å². The topological polar surface area (TPSA) is 97.6 Å². The van der Waals surface area contributed by atoms with E-state index in [1.807, 2.05) is 61.5 Å². The van der Waals surface area contributed by atoms with Crippen LogP contribution in [0.15, 0.2) is 91.4 Å².